The van der Waals surface area contributed by atoms with E-state index in [-0.39, 0.29) is 11.9 Å². The Kier molecular flexibility index (Phi) is 4.09. The van der Waals surface area contributed by atoms with Crippen molar-refractivity contribution in [3.8, 4) is 0 Å². The van der Waals surface area contributed by atoms with Gasteiger partial charge in [-0.1, -0.05) is 26.2 Å². The van der Waals surface area contributed by atoms with Gasteiger partial charge in [0, 0.05) is 19.6 Å². The van der Waals surface area contributed by atoms with E-state index in [4.69, 9.17) is 5.11 Å². The van der Waals surface area contributed by atoms with Crippen molar-refractivity contribution in [2.24, 2.45) is 17.8 Å². The topological polar surface area (TPSA) is 69.6 Å². The number of nitrogens with zero attached hydrogens (tertiary/aromatic N) is 1. The van der Waals surface area contributed by atoms with Crippen LogP contribution in [0.2, 0.25) is 0 Å². The van der Waals surface area contributed by atoms with Crippen molar-refractivity contribution in [3.05, 3.63) is 0 Å². The molecule has 2 atom stereocenters. The lowest BCUT2D eigenvalue weighted by Crippen LogP contribution is -2.40. The quantitative estimate of drug-likeness (QED) is 0.799. The highest BCUT2D eigenvalue weighted by molar-refractivity contribution is 5.77. The maximum atomic E-state index is 11.9. The van der Waals surface area contributed by atoms with Crippen LogP contribution in [-0.4, -0.2) is 41.6 Å². The molecule has 1 saturated carbocycles. The van der Waals surface area contributed by atoms with Crippen molar-refractivity contribution in [2.45, 2.75) is 32.6 Å². The molecule has 102 valence electrons. The number of carbonyl (C=O) groups is 2. The van der Waals surface area contributed by atoms with Crippen LogP contribution in [0.5, 0.6) is 0 Å². The van der Waals surface area contributed by atoms with Crippen LogP contribution in [-0.2, 0) is 4.79 Å². The zero-order chi connectivity index (χ0) is 13.1. The molecule has 1 saturated heterocycles. The molecule has 2 aliphatic rings. The number of carbonyl (C=O) groups excluding carboxylic acids is 1. The van der Waals surface area contributed by atoms with Crippen molar-refractivity contribution in [3.63, 3.8) is 0 Å². The van der Waals surface area contributed by atoms with Crippen molar-refractivity contribution >= 4 is 12.0 Å². The number of aliphatic carboxylic acids is 1. The Morgan fingerprint density at radius 1 is 1.33 bits per heavy atom. The first-order chi connectivity index (χ1) is 8.58. The molecule has 0 spiro atoms. The summed E-state index contributed by atoms with van der Waals surface area (Å²) >= 11 is 0. The maximum Gasteiger partial charge on any atom is 0.317 e. The summed E-state index contributed by atoms with van der Waals surface area (Å²) in [5.41, 5.74) is 0. The predicted molar refractivity (Wildman–Crippen MR) is 67.2 cm³/mol. The van der Waals surface area contributed by atoms with Gasteiger partial charge in [-0.15, -0.1) is 0 Å². The van der Waals surface area contributed by atoms with E-state index < -0.39 is 11.9 Å². The first-order valence-corrected chi connectivity index (χ1v) is 6.83. The molecule has 0 radical (unpaired) electrons. The number of urea groups is 1. The summed E-state index contributed by atoms with van der Waals surface area (Å²) in [7, 11) is 0. The van der Waals surface area contributed by atoms with E-state index in [0.29, 0.717) is 19.6 Å². The highest BCUT2D eigenvalue weighted by Crippen LogP contribution is 2.28. The fraction of sp³-hybridized carbons (Fsp3) is 0.846. The van der Waals surface area contributed by atoms with E-state index in [1.165, 1.54) is 19.3 Å². The zero-order valence-corrected chi connectivity index (χ0v) is 10.9. The summed E-state index contributed by atoms with van der Waals surface area (Å²) in [6, 6.07) is -0.107. The number of hydrogen-bond acceptors (Lipinski definition) is 2. The van der Waals surface area contributed by atoms with E-state index in [2.05, 4.69) is 5.32 Å². The van der Waals surface area contributed by atoms with Gasteiger partial charge in [0.1, 0.15) is 0 Å². The standard InChI is InChI=1S/C13H22N2O3/c1-9-7-15(8-11(9)12(16)17)13(18)14-6-5-10-3-2-4-10/h9-11H,2-8H2,1H3,(H,14,18)(H,16,17)/t9-,11-/m1/s1. The third-order valence-electron chi connectivity index (χ3n) is 4.27. The van der Waals surface area contributed by atoms with Crippen molar-refractivity contribution < 1.29 is 14.7 Å². The number of amides is 2. The third-order valence-corrected chi connectivity index (χ3v) is 4.27. The SMILES string of the molecule is C[C@@H]1CN(C(=O)NCCC2CCC2)C[C@H]1C(=O)O. The van der Waals surface area contributed by atoms with Crippen LogP contribution < -0.4 is 5.32 Å². The van der Waals surface area contributed by atoms with Crippen molar-refractivity contribution in [1.29, 1.82) is 0 Å². The number of hydrogen-bond donors (Lipinski definition) is 2. The molecule has 1 aliphatic heterocycles. The van der Waals surface area contributed by atoms with Gasteiger partial charge in [-0.05, 0) is 18.3 Å². The van der Waals surface area contributed by atoms with Gasteiger partial charge in [-0.25, -0.2) is 4.79 Å². The lowest BCUT2D eigenvalue weighted by atomic mass is 9.83. The van der Waals surface area contributed by atoms with Crippen LogP contribution in [0.15, 0.2) is 0 Å². The largest absolute Gasteiger partial charge is 0.481 e. The molecule has 2 N–H and O–H groups in total. The first kappa shape index (κ1) is 13.2. The molecular formula is C13H22N2O3. The summed E-state index contributed by atoms with van der Waals surface area (Å²) in [4.78, 5) is 24.5. The second kappa shape index (κ2) is 5.59. The van der Waals surface area contributed by atoms with Crippen LogP contribution in [0.4, 0.5) is 4.79 Å². The number of likely N-dealkylation sites (tertiary alicyclic amines) is 1. The number of carboxylic acid groups (broad SMARTS) is 1. The van der Waals surface area contributed by atoms with Gasteiger partial charge in [0.15, 0.2) is 0 Å². The van der Waals surface area contributed by atoms with E-state index in [9.17, 15) is 9.59 Å². The summed E-state index contributed by atoms with van der Waals surface area (Å²) in [6.07, 6.45) is 4.95. The summed E-state index contributed by atoms with van der Waals surface area (Å²) < 4.78 is 0. The Balaban J connectivity index is 1.70. The molecule has 0 aromatic rings. The second-order valence-electron chi connectivity index (χ2n) is 5.64. The molecule has 2 fully saturated rings. The molecule has 2 amide bonds. The monoisotopic (exact) mass is 254 g/mol. The van der Waals surface area contributed by atoms with Gasteiger partial charge < -0.3 is 15.3 Å². The first-order valence-electron chi connectivity index (χ1n) is 6.83. The van der Waals surface area contributed by atoms with Crippen molar-refractivity contribution in [2.75, 3.05) is 19.6 Å². The van der Waals surface area contributed by atoms with Crippen LogP contribution in [0.25, 0.3) is 0 Å². The summed E-state index contributed by atoms with van der Waals surface area (Å²) in [5.74, 6) is -0.385. The van der Waals surface area contributed by atoms with Gasteiger partial charge in [0.25, 0.3) is 0 Å². The Bertz CT molecular complexity index is 328. The Hall–Kier alpha value is -1.26. The average molecular weight is 254 g/mol. The molecular weight excluding hydrogens is 232 g/mol. The third kappa shape index (κ3) is 2.94. The summed E-state index contributed by atoms with van der Waals surface area (Å²) in [5, 5.41) is 11.9. The van der Waals surface area contributed by atoms with Crippen molar-refractivity contribution in [1.82, 2.24) is 10.2 Å². The van der Waals surface area contributed by atoms with Crippen LogP contribution in [0.1, 0.15) is 32.6 Å². The molecule has 5 nitrogen and oxygen atoms in total. The fourth-order valence-electron chi connectivity index (χ4n) is 2.73. The molecule has 0 bridgehead atoms. The molecule has 1 heterocycles. The van der Waals surface area contributed by atoms with Gasteiger partial charge in [-0.3, -0.25) is 4.79 Å². The molecule has 1 aliphatic carbocycles. The van der Waals surface area contributed by atoms with Gasteiger partial charge in [0.05, 0.1) is 5.92 Å². The Morgan fingerprint density at radius 3 is 2.56 bits per heavy atom. The Labute approximate surface area is 108 Å². The van der Waals surface area contributed by atoms with Gasteiger partial charge in [0.2, 0.25) is 0 Å². The molecule has 2 rings (SSSR count). The highest BCUT2D eigenvalue weighted by Gasteiger charge is 2.36. The van der Waals surface area contributed by atoms with Crippen LogP contribution >= 0.6 is 0 Å². The highest BCUT2D eigenvalue weighted by atomic mass is 16.4. The minimum absolute atomic E-state index is 0.0416. The fourth-order valence-corrected chi connectivity index (χ4v) is 2.73. The number of rotatable bonds is 4. The van der Waals surface area contributed by atoms with E-state index in [1.54, 1.807) is 4.90 Å². The zero-order valence-electron chi connectivity index (χ0n) is 10.9. The Morgan fingerprint density at radius 2 is 2.06 bits per heavy atom. The molecule has 0 aromatic carbocycles. The van der Waals surface area contributed by atoms with E-state index >= 15 is 0 Å². The van der Waals surface area contributed by atoms with Gasteiger partial charge in [-0.2, -0.15) is 0 Å². The lowest BCUT2D eigenvalue weighted by molar-refractivity contribution is -0.142. The smallest absolute Gasteiger partial charge is 0.317 e. The lowest BCUT2D eigenvalue weighted by Gasteiger charge is -2.25. The van der Waals surface area contributed by atoms with Crippen LogP contribution in [0.3, 0.4) is 0 Å². The normalized spacial score (nSPS) is 27.9. The minimum Gasteiger partial charge on any atom is -0.481 e. The summed E-state index contributed by atoms with van der Waals surface area (Å²) in [6.45, 7) is 3.49. The van der Waals surface area contributed by atoms with Gasteiger partial charge >= 0.3 is 12.0 Å². The molecule has 5 heteroatoms. The number of nitrogens with one attached hydrogen (secondary N) is 1. The minimum atomic E-state index is -0.799. The van der Waals surface area contributed by atoms with E-state index in [1.807, 2.05) is 6.92 Å². The molecule has 0 unspecified atom stereocenters. The maximum absolute atomic E-state index is 11.9. The molecule has 0 aromatic heterocycles. The van der Waals surface area contributed by atoms with Crippen LogP contribution in [0, 0.1) is 17.8 Å². The number of carboxylic acids is 1. The van der Waals surface area contributed by atoms with E-state index in [0.717, 1.165) is 12.3 Å². The second-order valence-corrected chi connectivity index (χ2v) is 5.64. The average Bonchev–Trinajstić information content (AvgIpc) is 2.64. The predicted octanol–water partition coefficient (Wildman–Crippen LogP) is 1.54. The molecule has 18 heavy (non-hydrogen) atoms.